The molecule has 0 saturated carbocycles. The van der Waals surface area contributed by atoms with E-state index in [4.69, 9.17) is 0 Å². The number of hydrogen-bond acceptors (Lipinski definition) is 6. The van der Waals surface area contributed by atoms with Crippen LogP contribution in [0.1, 0.15) is 37.1 Å². The first-order valence-corrected chi connectivity index (χ1v) is 9.49. The first-order valence-electron chi connectivity index (χ1n) is 7.68. The number of amides is 1. The molecule has 1 amide bonds. The maximum absolute atomic E-state index is 11.6. The van der Waals surface area contributed by atoms with Crippen LogP contribution in [0.15, 0.2) is 10.3 Å². The van der Waals surface area contributed by atoms with Gasteiger partial charge in [0, 0.05) is 23.3 Å². The zero-order valence-corrected chi connectivity index (χ0v) is 14.7. The molecular weight excluding hydrogens is 330 g/mol. The minimum Gasteiger partial charge on any atom is -0.317 e. The van der Waals surface area contributed by atoms with Crippen molar-refractivity contribution in [1.82, 2.24) is 14.9 Å². The number of aryl methyl sites for hydroxylation is 1. The van der Waals surface area contributed by atoms with Crippen LogP contribution in [0.5, 0.6) is 0 Å². The Balaban J connectivity index is 1.90. The predicted molar refractivity (Wildman–Crippen MR) is 93.5 cm³/mol. The number of thioether (sulfide) groups is 1. The number of rotatable bonds is 2. The summed E-state index contributed by atoms with van der Waals surface area (Å²) in [7, 11) is 0. The number of carbonyl (C=O) groups is 1. The number of thiophene rings is 1. The highest BCUT2D eigenvalue weighted by molar-refractivity contribution is 7.99. The molecule has 2 aromatic rings. The molecule has 0 atom stereocenters. The Morgan fingerprint density at radius 3 is 2.91 bits per heavy atom. The Bertz CT molecular complexity index is 820. The van der Waals surface area contributed by atoms with Crippen LogP contribution in [-0.4, -0.2) is 32.2 Å². The second kappa shape index (κ2) is 5.76. The minimum absolute atomic E-state index is 0.0581. The number of nitrogens with one attached hydrogen (secondary N) is 1. The third-order valence-corrected chi connectivity index (χ3v) is 6.26. The lowest BCUT2D eigenvalue weighted by molar-refractivity contribution is -0.114. The van der Waals surface area contributed by atoms with Crippen molar-refractivity contribution >= 4 is 39.7 Å². The zero-order chi connectivity index (χ0) is 16.0. The van der Waals surface area contributed by atoms with Crippen molar-refractivity contribution in [2.75, 3.05) is 11.1 Å². The summed E-state index contributed by atoms with van der Waals surface area (Å²) in [5.74, 6) is 1.53. The second-order valence-electron chi connectivity index (χ2n) is 5.84. The molecule has 1 aliphatic heterocycles. The SMILES string of the molecule is CC(=O)Nc1sc2c(c1-c1nnc3n1N=C(C)CS3)CCCC2. The van der Waals surface area contributed by atoms with Crippen LogP contribution in [0.25, 0.3) is 11.4 Å². The van der Waals surface area contributed by atoms with Crippen LogP contribution < -0.4 is 5.32 Å². The molecule has 0 radical (unpaired) electrons. The van der Waals surface area contributed by atoms with Gasteiger partial charge in [-0.05, 0) is 38.2 Å². The number of hydrogen-bond donors (Lipinski definition) is 1. The van der Waals surface area contributed by atoms with Crippen LogP contribution in [0.2, 0.25) is 0 Å². The highest BCUT2D eigenvalue weighted by Gasteiger charge is 2.28. The molecule has 6 nitrogen and oxygen atoms in total. The van der Waals surface area contributed by atoms with Crippen LogP contribution in [0, 0.1) is 0 Å². The largest absolute Gasteiger partial charge is 0.317 e. The summed E-state index contributed by atoms with van der Waals surface area (Å²) in [6.45, 7) is 3.55. The van der Waals surface area contributed by atoms with Crippen LogP contribution in [0.4, 0.5) is 5.00 Å². The maximum Gasteiger partial charge on any atom is 0.221 e. The quantitative estimate of drug-likeness (QED) is 0.906. The summed E-state index contributed by atoms with van der Waals surface area (Å²) < 4.78 is 1.83. The van der Waals surface area contributed by atoms with Gasteiger partial charge in [0.15, 0.2) is 5.82 Å². The van der Waals surface area contributed by atoms with E-state index in [1.165, 1.54) is 23.3 Å². The molecule has 4 rings (SSSR count). The number of nitrogens with zero attached hydrogens (tertiary/aromatic N) is 4. The molecule has 2 aromatic heterocycles. The first-order chi connectivity index (χ1) is 11.1. The molecule has 0 aromatic carbocycles. The Kier molecular flexibility index (Phi) is 3.73. The highest BCUT2D eigenvalue weighted by atomic mass is 32.2. The van der Waals surface area contributed by atoms with Crippen LogP contribution in [0.3, 0.4) is 0 Å². The molecule has 0 fully saturated rings. The first kappa shape index (κ1) is 14.9. The maximum atomic E-state index is 11.6. The van der Waals surface area contributed by atoms with E-state index in [1.54, 1.807) is 30.0 Å². The topological polar surface area (TPSA) is 72.2 Å². The lowest BCUT2D eigenvalue weighted by atomic mass is 9.95. The highest BCUT2D eigenvalue weighted by Crippen LogP contribution is 2.44. The second-order valence-corrected chi connectivity index (χ2v) is 7.89. The van der Waals surface area contributed by atoms with Gasteiger partial charge in [0.2, 0.25) is 11.1 Å². The van der Waals surface area contributed by atoms with E-state index in [9.17, 15) is 4.79 Å². The van der Waals surface area contributed by atoms with Gasteiger partial charge in [-0.25, -0.2) is 0 Å². The van der Waals surface area contributed by atoms with Gasteiger partial charge in [0.1, 0.15) is 5.00 Å². The Morgan fingerprint density at radius 2 is 2.09 bits per heavy atom. The number of anilines is 1. The van der Waals surface area contributed by atoms with Gasteiger partial charge in [-0.15, -0.1) is 21.5 Å². The lowest BCUT2D eigenvalue weighted by Crippen LogP contribution is -2.11. The van der Waals surface area contributed by atoms with E-state index in [2.05, 4.69) is 20.6 Å². The van der Waals surface area contributed by atoms with Gasteiger partial charge >= 0.3 is 0 Å². The Morgan fingerprint density at radius 1 is 1.26 bits per heavy atom. The van der Waals surface area contributed by atoms with Crippen molar-refractivity contribution in [3.8, 4) is 11.4 Å². The van der Waals surface area contributed by atoms with Gasteiger partial charge in [-0.2, -0.15) is 9.78 Å². The molecule has 2 aliphatic rings. The molecule has 3 heterocycles. The molecule has 1 N–H and O–H groups in total. The predicted octanol–water partition coefficient (Wildman–Crippen LogP) is 3.17. The van der Waals surface area contributed by atoms with Crippen molar-refractivity contribution < 1.29 is 4.79 Å². The molecular formula is C15H17N5OS2. The number of aromatic nitrogens is 3. The van der Waals surface area contributed by atoms with Gasteiger partial charge in [-0.3, -0.25) is 4.79 Å². The van der Waals surface area contributed by atoms with E-state index in [0.29, 0.717) is 0 Å². The van der Waals surface area contributed by atoms with Crippen molar-refractivity contribution in [1.29, 1.82) is 0 Å². The van der Waals surface area contributed by atoms with Crippen molar-refractivity contribution in [3.05, 3.63) is 10.4 Å². The average molecular weight is 347 g/mol. The van der Waals surface area contributed by atoms with E-state index < -0.39 is 0 Å². The summed E-state index contributed by atoms with van der Waals surface area (Å²) in [6.07, 6.45) is 4.48. The summed E-state index contributed by atoms with van der Waals surface area (Å²) >= 11 is 3.32. The fourth-order valence-electron chi connectivity index (χ4n) is 3.02. The van der Waals surface area contributed by atoms with Gasteiger partial charge in [-0.1, -0.05) is 11.8 Å². The van der Waals surface area contributed by atoms with E-state index in [-0.39, 0.29) is 5.91 Å². The summed E-state index contributed by atoms with van der Waals surface area (Å²) in [4.78, 5) is 13.0. The van der Waals surface area contributed by atoms with Crippen molar-refractivity contribution in [2.45, 2.75) is 44.7 Å². The van der Waals surface area contributed by atoms with Gasteiger partial charge in [0.05, 0.1) is 5.56 Å². The average Bonchev–Trinajstić information content (AvgIpc) is 3.06. The normalized spacial score (nSPS) is 16.5. The summed E-state index contributed by atoms with van der Waals surface area (Å²) in [6, 6.07) is 0. The van der Waals surface area contributed by atoms with Crippen molar-refractivity contribution in [3.63, 3.8) is 0 Å². The van der Waals surface area contributed by atoms with Gasteiger partial charge in [0.25, 0.3) is 0 Å². The molecule has 1 aliphatic carbocycles. The van der Waals surface area contributed by atoms with Crippen LogP contribution in [-0.2, 0) is 17.6 Å². The Hall–Kier alpha value is -1.67. The van der Waals surface area contributed by atoms with Gasteiger partial charge < -0.3 is 5.32 Å². The van der Waals surface area contributed by atoms with E-state index in [1.807, 2.05) is 11.6 Å². The third-order valence-electron chi connectivity index (χ3n) is 3.98. The molecule has 0 saturated heterocycles. The third kappa shape index (κ3) is 2.59. The van der Waals surface area contributed by atoms with Crippen molar-refractivity contribution in [2.24, 2.45) is 5.10 Å². The monoisotopic (exact) mass is 347 g/mol. The molecule has 0 spiro atoms. The standard InChI is InChI=1S/C15H17N5OS2/c1-8-7-22-15-18-17-13(20(15)19-8)12-10-5-3-4-6-11(10)23-14(12)16-9(2)21/h3-7H2,1-2H3,(H,16,21). The minimum atomic E-state index is -0.0581. The van der Waals surface area contributed by atoms with E-state index >= 15 is 0 Å². The number of fused-ring (bicyclic) bond motifs is 2. The smallest absolute Gasteiger partial charge is 0.221 e. The molecule has 0 bridgehead atoms. The molecule has 120 valence electrons. The lowest BCUT2D eigenvalue weighted by Gasteiger charge is -2.14. The number of carbonyl (C=O) groups excluding carboxylic acids is 1. The van der Waals surface area contributed by atoms with Crippen LogP contribution >= 0.6 is 23.1 Å². The molecule has 23 heavy (non-hydrogen) atoms. The fourth-order valence-corrected chi connectivity index (χ4v) is 5.10. The molecule has 8 heteroatoms. The summed E-state index contributed by atoms with van der Waals surface area (Å²) in [5.41, 5.74) is 3.37. The molecule has 0 unspecified atom stereocenters. The van der Waals surface area contributed by atoms with E-state index in [0.717, 1.165) is 45.9 Å². The summed E-state index contributed by atoms with van der Waals surface area (Å²) in [5, 5.41) is 18.0. The zero-order valence-electron chi connectivity index (χ0n) is 13.0. The Labute approximate surface area is 142 Å². The fraction of sp³-hybridized carbons (Fsp3) is 0.467.